The zero-order chi connectivity index (χ0) is 23.3. The molecule has 0 aromatic carbocycles. The second-order valence-corrected chi connectivity index (χ2v) is 9.44. The average Bonchev–Trinajstić information content (AvgIpc) is 2.72. The Balaban J connectivity index is 1.90. The molecule has 8 heteroatoms. The van der Waals surface area contributed by atoms with Gasteiger partial charge in [0.1, 0.15) is 12.2 Å². The van der Waals surface area contributed by atoms with Crippen LogP contribution in [0.25, 0.3) is 0 Å². The summed E-state index contributed by atoms with van der Waals surface area (Å²) in [5.74, 6) is -0.859. The van der Waals surface area contributed by atoms with Crippen molar-refractivity contribution >= 4 is 5.97 Å². The molecule has 7 N–H and O–H groups in total. The quantitative estimate of drug-likeness (QED) is 0.186. The van der Waals surface area contributed by atoms with Crippen molar-refractivity contribution in [2.75, 3.05) is 0 Å². The van der Waals surface area contributed by atoms with Gasteiger partial charge in [0.15, 0.2) is 6.29 Å². The van der Waals surface area contributed by atoms with E-state index in [9.17, 15) is 25.2 Å². The van der Waals surface area contributed by atoms with E-state index in [-0.39, 0.29) is 6.42 Å². The maximum Gasteiger partial charge on any atom is 0.303 e. The molecule has 0 unspecified atom stereocenters. The Morgan fingerprint density at radius 3 is 1.84 bits per heavy atom. The van der Waals surface area contributed by atoms with Crippen molar-refractivity contribution in [2.45, 2.75) is 139 Å². The molecule has 1 rings (SSSR count). The Bertz CT molecular complexity index is 489. The summed E-state index contributed by atoms with van der Waals surface area (Å²) in [5.41, 5.74) is 4.70. The molecule has 0 saturated carbocycles. The largest absolute Gasteiger partial charge is 0.481 e. The van der Waals surface area contributed by atoms with E-state index in [2.05, 4.69) is 0 Å². The van der Waals surface area contributed by atoms with Crippen LogP contribution in [0.2, 0.25) is 0 Å². The van der Waals surface area contributed by atoms with Gasteiger partial charge in [-0.15, -0.1) is 0 Å². The number of rotatable bonds is 17. The first-order chi connectivity index (χ1) is 14.6. The molecule has 0 aromatic rings. The molecule has 6 atom stereocenters. The molecule has 31 heavy (non-hydrogen) atoms. The SMILES string of the molecule is C[C@@](O)(CCCCCCCCCCCCC[C@@H]1O[C@H](O)[C@@H](N)[C@H](O)[C@H]1O)CCC(=O)O. The van der Waals surface area contributed by atoms with Crippen LogP contribution in [0.15, 0.2) is 0 Å². The molecule has 1 aliphatic heterocycles. The van der Waals surface area contributed by atoms with E-state index in [1.54, 1.807) is 6.92 Å². The maximum absolute atomic E-state index is 10.6. The highest BCUT2D eigenvalue weighted by molar-refractivity contribution is 5.66. The Labute approximate surface area is 186 Å². The number of aliphatic hydroxyl groups excluding tert-OH is 3. The van der Waals surface area contributed by atoms with Gasteiger partial charge in [-0.25, -0.2) is 0 Å². The normalized spacial score (nSPS) is 28.4. The van der Waals surface area contributed by atoms with Gasteiger partial charge in [-0.2, -0.15) is 0 Å². The lowest BCUT2D eigenvalue weighted by Crippen LogP contribution is -2.60. The van der Waals surface area contributed by atoms with Crippen LogP contribution in [-0.2, 0) is 9.53 Å². The number of carboxylic acids is 1. The van der Waals surface area contributed by atoms with E-state index < -0.39 is 42.2 Å². The molecular formula is C23H45NO7. The molecular weight excluding hydrogens is 402 g/mol. The average molecular weight is 448 g/mol. The fourth-order valence-electron chi connectivity index (χ4n) is 4.15. The van der Waals surface area contributed by atoms with Crippen molar-refractivity contribution in [1.29, 1.82) is 0 Å². The van der Waals surface area contributed by atoms with Gasteiger partial charge < -0.3 is 36.0 Å². The summed E-state index contributed by atoms with van der Waals surface area (Å²) in [6, 6.07) is -0.968. The maximum atomic E-state index is 10.6. The summed E-state index contributed by atoms with van der Waals surface area (Å²) in [6.07, 6.45) is 9.82. The molecule has 0 spiro atoms. The number of carboxylic acid groups (broad SMARTS) is 1. The molecule has 1 aliphatic rings. The van der Waals surface area contributed by atoms with Gasteiger partial charge in [0.05, 0.1) is 17.7 Å². The number of aliphatic hydroxyl groups is 4. The second-order valence-electron chi connectivity index (χ2n) is 9.44. The third-order valence-electron chi connectivity index (χ3n) is 6.35. The highest BCUT2D eigenvalue weighted by Crippen LogP contribution is 2.23. The van der Waals surface area contributed by atoms with Crippen LogP contribution in [0.4, 0.5) is 0 Å². The Morgan fingerprint density at radius 1 is 0.839 bits per heavy atom. The topological polar surface area (TPSA) is 153 Å². The lowest BCUT2D eigenvalue weighted by Gasteiger charge is -2.39. The number of nitrogens with two attached hydrogens (primary N) is 1. The molecule has 1 heterocycles. The van der Waals surface area contributed by atoms with E-state index in [4.69, 9.17) is 15.6 Å². The highest BCUT2D eigenvalue weighted by Gasteiger charge is 2.41. The first-order valence-corrected chi connectivity index (χ1v) is 12.0. The first kappa shape index (κ1) is 28.3. The van der Waals surface area contributed by atoms with Crippen molar-refractivity contribution in [3.8, 4) is 0 Å². The van der Waals surface area contributed by atoms with Crippen LogP contribution < -0.4 is 5.73 Å². The van der Waals surface area contributed by atoms with Crippen LogP contribution >= 0.6 is 0 Å². The molecule has 8 nitrogen and oxygen atoms in total. The van der Waals surface area contributed by atoms with Crippen molar-refractivity contribution < 1.29 is 35.1 Å². The van der Waals surface area contributed by atoms with Gasteiger partial charge in [0, 0.05) is 6.42 Å². The van der Waals surface area contributed by atoms with Gasteiger partial charge >= 0.3 is 5.97 Å². The zero-order valence-electron chi connectivity index (χ0n) is 19.1. The molecule has 1 saturated heterocycles. The van der Waals surface area contributed by atoms with Crippen molar-refractivity contribution in [3.63, 3.8) is 0 Å². The number of hydrogen-bond acceptors (Lipinski definition) is 7. The van der Waals surface area contributed by atoms with Gasteiger partial charge in [0.2, 0.25) is 0 Å². The third-order valence-corrected chi connectivity index (χ3v) is 6.35. The van der Waals surface area contributed by atoms with Crippen molar-refractivity contribution in [1.82, 2.24) is 0 Å². The zero-order valence-corrected chi connectivity index (χ0v) is 19.1. The van der Waals surface area contributed by atoms with Crippen LogP contribution in [0.3, 0.4) is 0 Å². The molecule has 184 valence electrons. The molecule has 0 amide bonds. The smallest absolute Gasteiger partial charge is 0.303 e. The lowest BCUT2D eigenvalue weighted by molar-refractivity contribution is -0.243. The van der Waals surface area contributed by atoms with Gasteiger partial charge in [-0.1, -0.05) is 70.6 Å². The van der Waals surface area contributed by atoms with Crippen molar-refractivity contribution in [3.05, 3.63) is 0 Å². The Morgan fingerprint density at radius 2 is 1.32 bits per heavy atom. The first-order valence-electron chi connectivity index (χ1n) is 12.0. The monoisotopic (exact) mass is 447 g/mol. The molecule has 1 fully saturated rings. The van der Waals surface area contributed by atoms with E-state index in [0.717, 1.165) is 38.5 Å². The molecule has 0 radical (unpaired) electrons. The fourth-order valence-corrected chi connectivity index (χ4v) is 4.15. The predicted octanol–water partition coefficient (Wildman–Crippen LogP) is 2.44. The minimum atomic E-state index is -1.23. The van der Waals surface area contributed by atoms with Crippen LogP contribution in [-0.4, -0.2) is 67.7 Å². The fraction of sp³-hybridized carbons (Fsp3) is 0.957. The lowest BCUT2D eigenvalue weighted by atomic mass is 9.93. The number of aliphatic carboxylic acids is 1. The van der Waals surface area contributed by atoms with E-state index in [1.807, 2.05) is 0 Å². The van der Waals surface area contributed by atoms with Crippen LogP contribution in [0, 0.1) is 0 Å². The predicted molar refractivity (Wildman–Crippen MR) is 118 cm³/mol. The van der Waals surface area contributed by atoms with Gasteiger partial charge in [0.25, 0.3) is 0 Å². The van der Waals surface area contributed by atoms with E-state index in [0.29, 0.717) is 19.3 Å². The standard InChI is InChI=1S/C23H45NO7/c1-23(30,16-14-18(25)26)15-12-10-8-6-4-2-3-5-7-9-11-13-17-20(27)21(28)19(24)22(29)31-17/h17,19-22,27-30H,2-16,24H2,1H3,(H,25,26)/t17-,19-,20-,21-,22-,23+/m0/s1. The number of unbranched alkanes of at least 4 members (excludes halogenated alkanes) is 10. The molecule has 0 aliphatic carbocycles. The van der Waals surface area contributed by atoms with Crippen molar-refractivity contribution in [2.24, 2.45) is 5.73 Å². The minimum absolute atomic E-state index is 0.0181. The minimum Gasteiger partial charge on any atom is -0.481 e. The summed E-state index contributed by atoms with van der Waals surface area (Å²) >= 11 is 0. The third kappa shape index (κ3) is 12.2. The molecule has 0 aromatic heterocycles. The summed E-state index contributed by atoms with van der Waals surface area (Å²) in [6.45, 7) is 1.72. The summed E-state index contributed by atoms with van der Waals surface area (Å²) < 4.78 is 5.30. The van der Waals surface area contributed by atoms with Crippen LogP contribution in [0.1, 0.15) is 103 Å². The number of carbonyl (C=O) groups is 1. The molecule has 0 bridgehead atoms. The van der Waals surface area contributed by atoms with Crippen LogP contribution in [0.5, 0.6) is 0 Å². The summed E-state index contributed by atoms with van der Waals surface area (Å²) in [7, 11) is 0. The second kappa shape index (κ2) is 15.1. The van der Waals surface area contributed by atoms with E-state index >= 15 is 0 Å². The van der Waals surface area contributed by atoms with Gasteiger partial charge in [-0.3, -0.25) is 4.79 Å². The summed E-state index contributed by atoms with van der Waals surface area (Å²) in [5, 5.41) is 48.3. The number of hydrogen-bond donors (Lipinski definition) is 6. The summed E-state index contributed by atoms with van der Waals surface area (Å²) in [4.78, 5) is 10.6. The van der Waals surface area contributed by atoms with E-state index in [1.165, 1.54) is 32.1 Å². The number of ether oxygens (including phenoxy) is 1. The highest BCUT2D eigenvalue weighted by atomic mass is 16.6. The Hall–Kier alpha value is -0.770. The Kier molecular flexibility index (Phi) is 13.8. The van der Waals surface area contributed by atoms with Gasteiger partial charge in [-0.05, 0) is 26.2 Å².